The lowest BCUT2D eigenvalue weighted by Gasteiger charge is -2.63. The first-order valence-electron chi connectivity index (χ1n) is 12.7. The molecule has 2 heterocycles. The Morgan fingerprint density at radius 2 is 1.94 bits per heavy atom. The van der Waals surface area contributed by atoms with E-state index in [2.05, 4.69) is 6.92 Å². The highest BCUT2D eigenvalue weighted by molar-refractivity contribution is 5.85. The monoisotopic (exact) mass is 460 g/mol. The van der Waals surface area contributed by atoms with Gasteiger partial charge in [0.2, 0.25) is 0 Å². The summed E-state index contributed by atoms with van der Waals surface area (Å²) in [5, 5.41) is 12.1. The number of carbonyl (C=O) groups excluding carboxylic acids is 2. The van der Waals surface area contributed by atoms with Gasteiger partial charge in [0.1, 0.15) is 12.7 Å². The van der Waals surface area contributed by atoms with Crippen molar-refractivity contribution in [2.45, 2.75) is 95.2 Å². The van der Waals surface area contributed by atoms with E-state index in [-0.39, 0.29) is 35.0 Å². The van der Waals surface area contributed by atoms with E-state index in [9.17, 15) is 14.7 Å². The second-order valence-corrected chi connectivity index (χ2v) is 11.8. The number of hydrogen-bond donors (Lipinski definition) is 1. The average Bonchev–Trinajstić information content (AvgIpc) is 3.39. The van der Waals surface area contributed by atoms with Gasteiger partial charge in [-0.1, -0.05) is 6.92 Å². The third kappa shape index (κ3) is 2.67. The molecule has 5 fully saturated rings. The fourth-order valence-electron chi connectivity index (χ4n) is 9.73. The standard InChI is InChI=1S/C26H36O7/c1-15(27)32-17-6-9-25-20-7-8-23(2)18(16-12-21(28)31-14-16)4-5-19(23)26(20,33-22(25)30-3)11-10-24(25,29)13-17/h12,17-20,22,29H,4-11,13-14H2,1-3H3. The second-order valence-electron chi connectivity index (χ2n) is 11.8. The lowest BCUT2D eigenvalue weighted by atomic mass is 9.42. The minimum Gasteiger partial charge on any atom is -0.462 e. The van der Waals surface area contributed by atoms with Gasteiger partial charge in [0.25, 0.3) is 0 Å². The summed E-state index contributed by atoms with van der Waals surface area (Å²) in [5.41, 5.74) is -0.555. The molecule has 6 rings (SSSR count). The van der Waals surface area contributed by atoms with Crippen molar-refractivity contribution in [1.82, 2.24) is 0 Å². The van der Waals surface area contributed by atoms with Crippen molar-refractivity contribution >= 4 is 11.9 Å². The first kappa shape index (κ1) is 22.1. The van der Waals surface area contributed by atoms with Gasteiger partial charge in [-0.15, -0.1) is 0 Å². The third-order valence-electron chi connectivity index (χ3n) is 10.8. The summed E-state index contributed by atoms with van der Waals surface area (Å²) < 4.78 is 23.8. The van der Waals surface area contributed by atoms with Crippen molar-refractivity contribution in [2.75, 3.05) is 13.7 Å². The van der Waals surface area contributed by atoms with Crippen LogP contribution in [0.1, 0.15) is 71.6 Å². The molecule has 0 aromatic rings. The fourth-order valence-corrected chi connectivity index (χ4v) is 9.73. The molecule has 9 atom stereocenters. The van der Waals surface area contributed by atoms with E-state index in [0.29, 0.717) is 31.3 Å². The summed E-state index contributed by atoms with van der Waals surface area (Å²) in [7, 11) is 1.70. The molecule has 0 aromatic carbocycles. The maximum absolute atomic E-state index is 12.1. The molecule has 7 nitrogen and oxygen atoms in total. The molecule has 0 aromatic heterocycles. The van der Waals surface area contributed by atoms with Crippen LogP contribution in [0.5, 0.6) is 0 Å². The molecule has 1 spiro atoms. The normalized spacial score (nSPS) is 52.4. The number of fused-ring (bicyclic) bond motifs is 1. The van der Waals surface area contributed by atoms with Crippen LogP contribution in [-0.4, -0.2) is 54.4 Å². The average molecular weight is 461 g/mol. The van der Waals surface area contributed by atoms with Gasteiger partial charge >= 0.3 is 11.9 Å². The van der Waals surface area contributed by atoms with Crippen LogP contribution in [-0.2, 0) is 28.5 Å². The van der Waals surface area contributed by atoms with Crippen LogP contribution in [0, 0.1) is 28.6 Å². The summed E-state index contributed by atoms with van der Waals surface area (Å²) >= 11 is 0. The van der Waals surface area contributed by atoms with Gasteiger partial charge in [0.15, 0.2) is 6.29 Å². The van der Waals surface area contributed by atoms with Crippen molar-refractivity contribution < 1.29 is 33.6 Å². The zero-order valence-electron chi connectivity index (χ0n) is 19.9. The SMILES string of the molecule is COC1OC23CCC4(O)CC(OC(C)=O)CCC14C2CCC1(C)C(C2=CC(=O)OC2)CCC13. The molecule has 1 saturated heterocycles. The maximum atomic E-state index is 12.1. The van der Waals surface area contributed by atoms with Gasteiger partial charge < -0.3 is 24.1 Å². The summed E-state index contributed by atoms with van der Waals surface area (Å²) in [6.07, 6.45) is 8.51. The molecule has 0 amide bonds. The number of esters is 2. The quantitative estimate of drug-likeness (QED) is 0.646. The Morgan fingerprint density at radius 3 is 2.64 bits per heavy atom. The van der Waals surface area contributed by atoms with Crippen molar-refractivity contribution in [1.29, 1.82) is 0 Å². The Bertz CT molecular complexity index is 914. The minimum absolute atomic E-state index is 0.0462. The van der Waals surface area contributed by atoms with E-state index in [4.69, 9.17) is 18.9 Å². The highest BCUT2D eigenvalue weighted by Gasteiger charge is 2.79. The molecule has 1 N–H and O–H groups in total. The second kappa shape index (κ2) is 7.05. The van der Waals surface area contributed by atoms with E-state index >= 15 is 0 Å². The Kier molecular flexibility index (Phi) is 4.71. The Hall–Kier alpha value is -1.44. The fraction of sp³-hybridized carbons (Fsp3) is 0.846. The minimum atomic E-state index is -0.962. The van der Waals surface area contributed by atoms with Crippen LogP contribution < -0.4 is 0 Å². The molecule has 33 heavy (non-hydrogen) atoms. The summed E-state index contributed by atoms with van der Waals surface area (Å²) in [6, 6.07) is 0. The Balaban J connectivity index is 1.37. The molecule has 4 saturated carbocycles. The van der Waals surface area contributed by atoms with E-state index in [0.717, 1.165) is 50.5 Å². The van der Waals surface area contributed by atoms with Gasteiger partial charge in [-0.2, -0.15) is 0 Å². The first-order valence-corrected chi connectivity index (χ1v) is 12.7. The summed E-state index contributed by atoms with van der Waals surface area (Å²) in [4.78, 5) is 23.4. The van der Waals surface area contributed by atoms with E-state index in [1.54, 1.807) is 13.2 Å². The number of methoxy groups -OCH3 is 1. The van der Waals surface area contributed by atoms with Crippen molar-refractivity contribution in [2.24, 2.45) is 28.6 Å². The Labute approximate surface area is 195 Å². The van der Waals surface area contributed by atoms with Crippen molar-refractivity contribution in [3.05, 3.63) is 11.6 Å². The van der Waals surface area contributed by atoms with Crippen LogP contribution in [0.3, 0.4) is 0 Å². The van der Waals surface area contributed by atoms with E-state index in [1.165, 1.54) is 6.92 Å². The van der Waals surface area contributed by atoms with Crippen molar-refractivity contribution in [3.63, 3.8) is 0 Å². The molecular formula is C26H36O7. The topological polar surface area (TPSA) is 91.3 Å². The Morgan fingerprint density at radius 1 is 1.12 bits per heavy atom. The molecule has 0 radical (unpaired) electrons. The molecule has 182 valence electrons. The van der Waals surface area contributed by atoms with E-state index < -0.39 is 17.3 Å². The van der Waals surface area contributed by atoms with Crippen LogP contribution in [0.2, 0.25) is 0 Å². The number of aliphatic hydroxyl groups is 1. The molecule has 6 aliphatic rings. The zero-order chi connectivity index (χ0) is 23.2. The van der Waals surface area contributed by atoms with Crippen LogP contribution in [0.25, 0.3) is 0 Å². The first-order chi connectivity index (χ1) is 15.7. The largest absolute Gasteiger partial charge is 0.462 e. The van der Waals surface area contributed by atoms with Crippen molar-refractivity contribution in [3.8, 4) is 0 Å². The summed E-state index contributed by atoms with van der Waals surface area (Å²) in [6.45, 7) is 4.25. The molecular weight excluding hydrogens is 424 g/mol. The molecule has 9 unspecified atom stereocenters. The number of rotatable bonds is 3. The van der Waals surface area contributed by atoms with Crippen LogP contribution in [0.15, 0.2) is 11.6 Å². The van der Waals surface area contributed by atoms with E-state index in [1.807, 2.05) is 0 Å². The zero-order valence-corrected chi connectivity index (χ0v) is 19.9. The lowest BCUT2D eigenvalue weighted by Crippen LogP contribution is -2.67. The smallest absolute Gasteiger partial charge is 0.331 e. The van der Waals surface area contributed by atoms with Gasteiger partial charge in [0.05, 0.1) is 16.6 Å². The maximum Gasteiger partial charge on any atom is 0.331 e. The molecule has 4 aliphatic carbocycles. The highest BCUT2D eigenvalue weighted by Crippen LogP contribution is 2.76. The number of carbonyl (C=O) groups is 2. The van der Waals surface area contributed by atoms with Crippen LogP contribution >= 0.6 is 0 Å². The predicted octanol–water partition coefficient (Wildman–Crippen LogP) is 3.28. The highest BCUT2D eigenvalue weighted by atomic mass is 16.7. The summed E-state index contributed by atoms with van der Waals surface area (Å²) in [5.74, 6) is 0.416. The van der Waals surface area contributed by atoms with Gasteiger partial charge in [-0.05, 0) is 74.2 Å². The molecule has 7 heteroatoms. The molecule has 2 aliphatic heterocycles. The van der Waals surface area contributed by atoms with Gasteiger partial charge in [-0.3, -0.25) is 4.79 Å². The number of ether oxygens (including phenoxy) is 4. The number of cyclic esters (lactones) is 1. The lowest BCUT2D eigenvalue weighted by molar-refractivity contribution is -0.241. The van der Waals surface area contributed by atoms with Crippen LogP contribution in [0.4, 0.5) is 0 Å². The number of hydrogen-bond acceptors (Lipinski definition) is 7. The van der Waals surface area contributed by atoms with Gasteiger partial charge in [-0.25, -0.2) is 4.79 Å². The van der Waals surface area contributed by atoms with Gasteiger partial charge in [0, 0.05) is 32.4 Å². The third-order valence-corrected chi connectivity index (χ3v) is 10.8. The molecule has 2 bridgehead atoms. The predicted molar refractivity (Wildman–Crippen MR) is 117 cm³/mol.